The van der Waals surface area contributed by atoms with Gasteiger partial charge in [-0.15, -0.1) is 0 Å². The molecule has 0 spiro atoms. The maximum atomic E-state index is 13.7. The average molecular weight is 288 g/mol. The molecule has 0 heterocycles. The van der Waals surface area contributed by atoms with Crippen LogP contribution in [-0.2, 0) is 0 Å². The maximum absolute atomic E-state index is 13.7. The van der Waals surface area contributed by atoms with Crippen LogP contribution in [0.5, 0.6) is 0 Å². The van der Waals surface area contributed by atoms with Gasteiger partial charge in [0.05, 0.1) is 22.2 Å². The van der Waals surface area contributed by atoms with Gasteiger partial charge in [0.1, 0.15) is 5.82 Å². The van der Waals surface area contributed by atoms with Crippen molar-refractivity contribution >= 4 is 11.6 Å². The van der Waals surface area contributed by atoms with E-state index >= 15 is 0 Å². The number of nitrogens with one attached hydrogen (secondary N) is 1. The molecular formula is C12H14F2N2O4. The first kappa shape index (κ1) is 16.0. The third kappa shape index (κ3) is 3.70. The summed E-state index contributed by atoms with van der Waals surface area (Å²) in [5, 5.41) is 22.4. The van der Waals surface area contributed by atoms with Crippen molar-refractivity contribution < 1.29 is 23.6 Å². The number of hydrogen-bond donors (Lipinski definition) is 2. The van der Waals surface area contributed by atoms with Crippen LogP contribution in [0.2, 0.25) is 0 Å². The lowest BCUT2D eigenvalue weighted by atomic mass is 10.0. The molecule has 1 aromatic carbocycles. The molecule has 0 saturated carbocycles. The first-order valence-corrected chi connectivity index (χ1v) is 5.82. The Balaban J connectivity index is 3.02. The first-order valence-electron chi connectivity index (χ1n) is 5.82. The van der Waals surface area contributed by atoms with Gasteiger partial charge in [0, 0.05) is 6.54 Å². The van der Waals surface area contributed by atoms with E-state index in [4.69, 9.17) is 0 Å². The SMILES string of the molecule is CCC(C)(O)CNC(=O)c1cc(F)cc([N+](=O)[O-])c1F. The number of hydrogen-bond acceptors (Lipinski definition) is 4. The number of nitrogens with zero attached hydrogens (tertiary/aromatic N) is 1. The highest BCUT2D eigenvalue weighted by molar-refractivity contribution is 5.95. The molecule has 0 aliphatic heterocycles. The molecule has 2 N–H and O–H groups in total. The molecule has 1 aromatic rings. The monoisotopic (exact) mass is 288 g/mol. The largest absolute Gasteiger partial charge is 0.388 e. The van der Waals surface area contributed by atoms with Crippen molar-refractivity contribution in [2.45, 2.75) is 25.9 Å². The van der Waals surface area contributed by atoms with E-state index in [9.17, 15) is 28.8 Å². The third-order valence-corrected chi connectivity index (χ3v) is 2.85. The molecule has 110 valence electrons. The molecule has 1 rings (SSSR count). The molecule has 0 saturated heterocycles. The molecule has 0 bridgehead atoms. The minimum Gasteiger partial charge on any atom is -0.388 e. The van der Waals surface area contributed by atoms with E-state index in [1.807, 2.05) is 0 Å². The van der Waals surface area contributed by atoms with E-state index in [0.717, 1.165) is 0 Å². The molecule has 1 unspecified atom stereocenters. The van der Waals surface area contributed by atoms with Gasteiger partial charge in [-0.1, -0.05) is 6.92 Å². The highest BCUT2D eigenvalue weighted by Crippen LogP contribution is 2.22. The van der Waals surface area contributed by atoms with Gasteiger partial charge in [-0.2, -0.15) is 4.39 Å². The van der Waals surface area contributed by atoms with Crippen molar-refractivity contribution in [1.82, 2.24) is 5.32 Å². The summed E-state index contributed by atoms with van der Waals surface area (Å²) in [6.07, 6.45) is 0.332. The van der Waals surface area contributed by atoms with E-state index < -0.39 is 39.3 Å². The van der Waals surface area contributed by atoms with E-state index in [1.54, 1.807) is 6.92 Å². The van der Waals surface area contributed by atoms with Crippen LogP contribution in [0.25, 0.3) is 0 Å². The smallest absolute Gasteiger partial charge is 0.308 e. The number of carbonyl (C=O) groups is 1. The van der Waals surface area contributed by atoms with Gasteiger partial charge in [-0.3, -0.25) is 14.9 Å². The zero-order chi connectivity index (χ0) is 15.5. The summed E-state index contributed by atoms with van der Waals surface area (Å²) in [5.41, 5.74) is -3.09. The predicted octanol–water partition coefficient (Wildman–Crippen LogP) is 1.76. The van der Waals surface area contributed by atoms with Crippen molar-refractivity contribution in [3.8, 4) is 0 Å². The molecule has 1 amide bonds. The number of benzene rings is 1. The van der Waals surface area contributed by atoms with Gasteiger partial charge in [0.2, 0.25) is 5.82 Å². The van der Waals surface area contributed by atoms with Gasteiger partial charge >= 0.3 is 5.69 Å². The lowest BCUT2D eigenvalue weighted by molar-refractivity contribution is -0.387. The van der Waals surface area contributed by atoms with Crippen LogP contribution in [0.4, 0.5) is 14.5 Å². The lowest BCUT2D eigenvalue weighted by Crippen LogP contribution is -2.40. The fraction of sp³-hybridized carbons (Fsp3) is 0.417. The van der Waals surface area contributed by atoms with Crippen molar-refractivity contribution in [1.29, 1.82) is 0 Å². The average Bonchev–Trinajstić information content (AvgIpc) is 2.38. The van der Waals surface area contributed by atoms with Crippen molar-refractivity contribution in [3.63, 3.8) is 0 Å². The molecule has 6 nitrogen and oxygen atoms in total. The Hall–Kier alpha value is -2.09. The molecule has 0 aliphatic rings. The van der Waals surface area contributed by atoms with E-state index in [-0.39, 0.29) is 6.54 Å². The van der Waals surface area contributed by atoms with Crippen LogP contribution in [-0.4, -0.2) is 28.1 Å². The molecule has 0 aliphatic carbocycles. The van der Waals surface area contributed by atoms with Crippen LogP contribution in [0, 0.1) is 21.7 Å². The molecule has 8 heteroatoms. The summed E-state index contributed by atoms with van der Waals surface area (Å²) >= 11 is 0. The molecular weight excluding hydrogens is 274 g/mol. The predicted molar refractivity (Wildman–Crippen MR) is 66.3 cm³/mol. The summed E-state index contributed by atoms with van der Waals surface area (Å²) in [7, 11) is 0. The second kappa shape index (κ2) is 5.91. The fourth-order valence-corrected chi connectivity index (χ4v) is 1.36. The van der Waals surface area contributed by atoms with Crippen LogP contribution >= 0.6 is 0 Å². The summed E-state index contributed by atoms with van der Waals surface area (Å²) in [4.78, 5) is 21.1. The van der Waals surface area contributed by atoms with Crippen LogP contribution < -0.4 is 5.32 Å². The molecule has 0 aromatic heterocycles. The number of amides is 1. The van der Waals surface area contributed by atoms with Crippen LogP contribution in [0.1, 0.15) is 30.6 Å². The van der Waals surface area contributed by atoms with Crippen molar-refractivity contribution in [3.05, 3.63) is 39.4 Å². The Kier molecular flexibility index (Phi) is 4.72. The second-order valence-electron chi connectivity index (χ2n) is 4.58. The van der Waals surface area contributed by atoms with Gasteiger partial charge in [-0.25, -0.2) is 4.39 Å². The van der Waals surface area contributed by atoms with Crippen LogP contribution in [0.3, 0.4) is 0 Å². The van der Waals surface area contributed by atoms with Crippen LogP contribution in [0.15, 0.2) is 12.1 Å². The van der Waals surface area contributed by atoms with Crippen molar-refractivity contribution in [2.75, 3.05) is 6.54 Å². The normalized spacial score (nSPS) is 13.7. The number of rotatable bonds is 5. The van der Waals surface area contributed by atoms with Crippen molar-refractivity contribution in [2.24, 2.45) is 0 Å². The number of nitro benzene ring substituents is 1. The Morgan fingerprint density at radius 1 is 1.50 bits per heavy atom. The minimum absolute atomic E-state index is 0.188. The van der Waals surface area contributed by atoms with E-state index in [2.05, 4.69) is 5.32 Å². The Morgan fingerprint density at radius 3 is 2.60 bits per heavy atom. The quantitative estimate of drug-likeness (QED) is 0.638. The Morgan fingerprint density at radius 2 is 2.10 bits per heavy atom. The summed E-state index contributed by atoms with van der Waals surface area (Å²) in [6, 6.07) is 0.965. The standard InChI is InChI=1S/C12H14F2N2O4/c1-3-12(2,18)6-15-11(17)8-4-7(13)5-9(10(8)14)16(19)20/h4-5,18H,3,6H2,1-2H3,(H,15,17). The summed E-state index contributed by atoms with van der Waals surface area (Å²) in [6.45, 7) is 2.95. The molecule has 1 atom stereocenters. The van der Waals surface area contributed by atoms with E-state index in [1.165, 1.54) is 6.92 Å². The Bertz CT molecular complexity index is 547. The zero-order valence-electron chi connectivity index (χ0n) is 10.9. The molecule has 0 fully saturated rings. The van der Waals surface area contributed by atoms with Gasteiger partial charge in [-0.05, 0) is 19.4 Å². The van der Waals surface area contributed by atoms with Gasteiger partial charge < -0.3 is 10.4 Å². The lowest BCUT2D eigenvalue weighted by Gasteiger charge is -2.21. The highest BCUT2D eigenvalue weighted by atomic mass is 19.1. The molecule has 20 heavy (non-hydrogen) atoms. The topological polar surface area (TPSA) is 92.5 Å². The number of halogens is 2. The fourth-order valence-electron chi connectivity index (χ4n) is 1.36. The number of nitro groups is 1. The minimum atomic E-state index is -1.41. The van der Waals surface area contributed by atoms with Gasteiger partial charge in [0.25, 0.3) is 5.91 Å². The summed E-state index contributed by atoms with van der Waals surface area (Å²) in [5.74, 6) is -3.53. The molecule has 0 radical (unpaired) electrons. The first-order chi connectivity index (χ1) is 9.18. The third-order valence-electron chi connectivity index (χ3n) is 2.85. The second-order valence-corrected chi connectivity index (χ2v) is 4.58. The summed E-state index contributed by atoms with van der Waals surface area (Å²) < 4.78 is 26.9. The zero-order valence-corrected chi connectivity index (χ0v) is 10.9. The maximum Gasteiger partial charge on any atom is 0.308 e. The number of carbonyl (C=O) groups excluding carboxylic acids is 1. The number of aliphatic hydroxyl groups is 1. The van der Waals surface area contributed by atoms with E-state index in [0.29, 0.717) is 18.6 Å². The Labute approximate surface area is 113 Å². The highest BCUT2D eigenvalue weighted by Gasteiger charge is 2.25. The van der Waals surface area contributed by atoms with Gasteiger partial charge in [0.15, 0.2) is 0 Å².